The monoisotopic (exact) mass is 325 g/mol. The molecule has 0 saturated heterocycles. The summed E-state index contributed by atoms with van der Waals surface area (Å²) < 4.78 is 29.7. The largest absolute Gasteiger partial charge is 0.478 e. The van der Waals surface area contributed by atoms with Crippen LogP contribution in [0.25, 0.3) is 0 Å². The van der Waals surface area contributed by atoms with Gasteiger partial charge in [0, 0.05) is 12.2 Å². The van der Waals surface area contributed by atoms with Crippen LogP contribution in [0.3, 0.4) is 0 Å². The Morgan fingerprint density at radius 2 is 2.22 bits per heavy atom. The highest BCUT2D eigenvalue weighted by molar-refractivity contribution is 6.06. The van der Waals surface area contributed by atoms with Crippen molar-refractivity contribution in [2.24, 2.45) is 5.16 Å². The molecule has 0 spiro atoms. The number of halogens is 1. The number of rotatable bonds is 7. The normalized spacial score (nSPS) is 18.1. The summed E-state index contributed by atoms with van der Waals surface area (Å²) in [6.45, 7) is 6.12. The lowest BCUT2D eigenvalue weighted by molar-refractivity contribution is -0.150. The summed E-state index contributed by atoms with van der Waals surface area (Å²) in [7, 11) is 0. The highest BCUT2D eigenvalue weighted by Crippen LogP contribution is 2.26. The summed E-state index contributed by atoms with van der Waals surface area (Å²) in [5.74, 6) is -0.615. The lowest BCUT2D eigenvalue weighted by atomic mass is 10.0. The number of hydrogen-bond donors (Lipinski definition) is 0. The second kappa shape index (κ2) is 7.92. The maximum Gasteiger partial charge on any atom is 0.347 e. The Bertz CT molecular complexity index is 590. The number of carbonyl (C=O) groups is 1. The van der Waals surface area contributed by atoms with Crippen LogP contribution >= 0.6 is 0 Å². The molecule has 7 heteroatoms. The topological polar surface area (TPSA) is 66.4 Å². The maximum atomic E-state index is 13.6. The third-order valence-electron chi connectivity index (χ3n) is 3.20. The van der Waals surface area contributed by atoms with Crippen molar-refractivity contribution in [3.8, 4) is 5.75 Å². The van der Waals surface area contributed by atoms with Gasteiger partial charge in [-0.3, -0.25) is 0 Å². The number of oxime groups is 1. The van der Waals surface area contributed by atoms with Gasteiger partial charge in [-0.2, -0.15) is 0 Å². The second-order valence-corrected chi connectivity index (χ2v) is 4.87. The molecule has 6 nitrogen and oxygen atoms in total. The highest BCUT2D eigenvalue weighted by Gasteiger charge is 2.29. The van der Waals surface area contributed by atoms with Gasteiger partial charge in [-0.15, -0.1) is 0 Å². The summed E-state index contributed by atoms with van der Waals surface area (Å²) in [5.41, 5.74) is 0.842. The first-order valence-corrected chi connectivity index (χ1v) is 7.51. The number of hydrogen-bond acceptors (Lipinski definition) is 6. The zero-order valence-electron chi connectivity index (χ0n) is 13.4. The van der Waals surface area contributed by atoms with E-state index in [0.717, 1.165) is 0 Å². The fourth-order valence-corrected chi connectivity index (χ4v) is 2.17. The van der Waals surface area contributed by atoms with E-state index in [9.17, 15) is 9.18 Å². The van der Waals surface area contributed by atoms with Gasteiger partial charge in [0.2, 0.25) is 0 Å². The molecule has 2 atom stereocenters. The zero-order chi connectivity index (χ0) is 16.8. The predicted molar refractivity (Wildman–Crippen MR) is 81.0 cm³/mol. The smallest absolute Gasteiger partial charge is 0.347 e. The van der Waals surface area contributed by atoms with E-state index >= 15 is 0 Å². The number of nitrogens with zero attached hydrogens (tertiary/aromatic N) is 1. The summed E-state index contributed by atoms with van der Waals surface area (Å²) in [5, 5.41) is 3.93. The molecular weight excluding hydrogens is 305 g/mol. The van der Waals surface area contributed by atoms with Crippen LogP contribution in [-0.4, -0.2) is 43.7 Å². The molecule has 0 saturated carbocycles. The number of ether oxygens (including phenoxy) is 3. The van der Waals surface area contributed by atoms with E-state index in [2.05, 4.69) is 5.16 Å². The molecule has 1 unspecified atom stereocenters. The Morgan fingerprint density at radius 1 is 1.43 bits per heavy atom. The van der Waals surface area contributed by atoms with E-state index in [4.69, 9.17) is 19.0 Å². The average molecular weight is 325 g/mol. The lowest BCUT2D eigenvalue weighted by Crippen LogP contribution is -2.29. The molecule has 0 aromatic heterocycles. The Hall–Kier alpha value is -2.15. The van der Waals surface area contributed by atoms with Gasteiger partial charge in [0.15, 0.2) is 6.10 Å². The van der Waals surface area contributed by atoms with Crippen molar-refractivity contribution in [2.75, 3.05) is 19.8 Å². The van der Waals surface area contributed by atoms with E-state index < -0.39 is 24.0 Å². The summed E-state index contributed by atoms with van der Waals surface area (Å²) in [6.07, 6.45) is -1.23. The molecule has 1 aromatic carbocycles. The van der Waals surface area contributed by atoms with Crippen molar-refractivity contribution in [3.63, 3.8) is 0 Å². The van der Waals surface area contributed by atoms with E-state index in [1.807, 2.05) is 6.92 Å². The lowest BCUT2D eigenvalue weighted by Gasteiger charge is -2.18. The minimum absolute atomic E-state index is 0.257. The van der Waals surface area contributed by atoms with Gasteiger partial charge in [-0.1, -0.05) is 5.16 Å². The minimum Gasteiger partial charge on any atom is -0.478 e. The summed E-state index contributed by atoms with van der Waals surface area (Å²) >= 11 is 0. The standard InChI is InChI=1S/C16H20FNO5/c1-4-20-14-9-22-18-15(14)12-8-11(17)6-7-13(12)23-10(3)16(19)21-5-2/h6-8,10,14H,4-5,9H2,1-3H3/t10-,14?/m0/s1. The summed E-state index contributed by atoms with van der Waals surface area (Å²) in [6, 6.07) is 3.99. The van der Waals surface area contributed by atoms with Gasteiger partial charge in [-0.25, -0.2) is 9.18 Å². The maximum absolute atomic E-state index is 13.6. The van der Waals surface area contributed by atoms with Crippen molar-refractivity contribution in [1.29, 1.82) is 0 Å². The second-order valence-electron chi connectivity index (χ2n) is 4.87. The van der Waals surface area contributed by atoms with Crippen molar-refractivity contribution in [2.45, 2.75) is 33.0 Å². The van der Waals surface area contributed by atoms with Crippen LogP contribution in [0.5, 0.6) is 5.75 Å². The van der Waals surface area contributed by atoms with Crippen molar-refractivity contribution in [1.82, 2.24) is 0 Å². The van der Waals surface area contributed by atoms with Crippen molar-refractivity contribution in [3.05, 3.63) is 29.6 Å². The van der Waals surface area contributed by atoms with Crippen LogP contribution in [0.1, 0.15) is 26.3 Å². The third-order valence-corrected chi connectivity index (χ3v) is 3.20. The molecule has 2 rings (SSSR count). The molecule has 0 amide bonds. The zero-order valence-corrected chi connectivity index (χ0v) is 13.4. The molecule has 1 heterocycles. The molecule has 1 aromatic rings. The fraction of sp³-hybridized carbons (Fsp3) is 0.500. The number of carbonyl (C=O) groups excluding carboxylic acids is 1. The van der Waals surface area contributed by atoms with Crippen LogP contribution in [0.4, 0.5) is 4.39 Å². The Morgan fingerprint density at radius 3 is 2.91 bits per heavy atom. The van der Waals surface area contributed by atoms with Crippen molar-refractivity contribution >= 4 is 11.7 Å². The van der Waals surface area contributed by atoms with Gasteiger partial charge in [0.05, 0.1) is 6.61 Å². The Kier molecular flexibility index (Phi) is 5.92. The van der Waals surface area contributed by atoms with Crippen LogP contribution in [0, 0.1) is 5.82 Å². The summed E-state index contributed by atoms with van der Waals surface area (Å²) in [4.78, 5) is 16.8. The van der Waals surface area contributed by atoms with Gasteiger partial charge in [0.1, 0.15) is 30.0 Å². The minimum atomic E-state index is -0.826. The van der Waals surface area contributed by atoms with Gasteiger partial charge in [-0.05, 0) is 39.0 Å². The van der Waals surface area contributed by atoms with Gasteiger partial charge < -0.3 is 19.0 Å². The first-order chi connectivity index (χ1) is 11.1. The Labute approximate surface area is 134 Å². The third kappa shape index (κ3) is 4.19. The molecule has 0 bridgehead atoms. The number of esters is 1. The van der Waals surface area contributed by atoms with Gasteiger partial charge >= 0.3 is 5.97 Å². The predicted octanol–water partition coefficient (Wildman–Crippen LogP) is 2.30. The van der Waals surface area contributed by atoms with Crippen molar-refractivity contribution < 1.29 is 28.2 Å². The SMILES string of the molecule is CCOC(=O)[C@H](C)Oc1ccc(F)cc1C1=NOCC1OCC. The van der Waals surface area contributed by atoms with Gasteiger partial charge in [0.25, 0.3) is 0 Å². The van der Waals surface area contributed by atoms with Crippen LogP contribution in [0.15, 0.2) is 23.4 Å². The van der Waals surface area contributed by atoms with E-state index in [0.29, 0.717) is 23.6 Å². The number of benzene rings is 1. The Balaban J connectivity index is 2.26. The highest BCUT2D eigenvalue weighted by atomic mass is 19.1. The molecule has 1 aliphatic rings. The van der Waals surface area contributed by atoms with E-state index in [-0.39, 0.29) is 13.2 Å². The fourth-order valence-electron chi connectivity index (χ4n) is 2.17. The molecular formula is C16H20FNO5. The molecule has 0 N–H and O–H groups in total. The van der Waals surface area contributed by atoms with E-state index in [1.54, 1.807) is 13.8 Å². The first kappa shape index (κ1) is 17.2. The molecule has 23 heavy (non-hydrogen) atoms. The molecule has 0 aliphatic carbocycles. The molecule has 126 valence electrons. The molecule has 1 aliphatic heterocycles. The molecule has 0 radical (unpaired) electrons. The quantitative estimate of drug-likeness (QED) is 0.720. The van der Waals surface area contributed by atoms with Crippen LogP contribution in [-0.2, 0) is 19.1 Å². The van der Waals surface area contributed by atoms with Crippen LogP contribution < -0.4 is 4.74 Å². The molecule has 0 fully saturated rings. The van der Waals surface area contributed by atoms with Crippen LogP contribution in [0.2, 0.25) is 0 Å². The first-order valence-electron chi connectivity index (χ1n) is 7.51. The van der Waals surface area contributed by atoms with E-state index in [1.165, 1.54) is 18.2 Å². The average Bonchev–Trinajstić information content (AvgIpc) is 2.97.